The van der Waals surface area contributed by atoms with E-state index in [0.717, 1.165) is 0 Å². The number of fused-ring (bicyclic) bond motifs is 1. The van der Waals surface area contributed by atoms with Crippen LogP contribution in [0.3, 0.4) is 0 Å². The monoisotopic (exact) mass is 288 g/mol. The predicted molar refractivity (Wildman–Crippen MR) is 80.2 cm³/mol. The van der Waals surface area contributed by atoms with Gasteiger partial charge >= 0.3 is 0 Å². The highest BCUT2D eigenvalue weighted by atomic mass is 16.6. The fraction of sp³-hybridized carbons (Fsp3) is 0.286. The Morgan fingerprint density at radius 3 is 2.71 bits per heavy atom. The van der Waals surface area contributed by atoms with Crippen LogP contribution in [-0.4, -0.2) is 40.9 Å². The Balaban J connectivity index is 2.44. The van der Waals surface area contributed by atoms with Crippen molar-refractivity contribution in [3.05, 3.63) is 40.6 Å². The molecule has 1 unspecified atom stereocenters. The first-order valence-corrected chi connectivity index (χ1v) is 6.41. The van der Waals surface area contributed by atoms with Crippen molar-refractivity contribution in [2.45, 2.75) is 13.0 Å². The Labute approximate surface area is 121 Å². The largest absolute Gasteiger partial charge is 0.373 e. The molecule has 1 aromatic heterocycles. The minimum atomic E-state index is -0.465. The number of carbonyl (C=O) groups is 1. The average Bonchev–Trinajstić information content (AvgIpc) is 2.45. The molecule has 0 saturated heterocycles. The summed E-state index contributed by atoms with van der Waals surface area (Å²) in [4.78, 5) is 28.0. The molecule has 0 radical (unpaired) electrons. The molecule has 2 rings (SSSR count). The van der Waals surface area contributed by atoms with Crippen LogP contribution in [0.2, 0.25) is 0 Å². The Hall–Kier alpha value is -2.70. The second-order valence-electron chi connectivity index (χ2n) is 4.89. The smallest absolute Gasteiger partial charge is 0.295 e. The maximum Gasteiger partial charge on any atom is 0.295 e. The van der Waals surface area contributed by atoms with E-state index >= 15 is 0 Å². The number of hydrogen-bond donors (Lipinski definition) is 1. The third-order valence-corrected chi connectivity index (χ3v) is 3.13. The molecule has 2 aromatic rings. The first-order valence-electron chi connectivity index (χ1n) is 6.41. The van der Waals surface area contributed by atoms with Gasteiger partial charge in [-0.15, -0.1) is 0 Å². The summed E-state index contributed by atoms with van der Waals surface area (Å²) in [7, 11) is 3.35. The van der Waals surface area contributed by atoms with Gasteiger partial charge in [-0.25, -0.2) is 4.98 Å². The second kappa shape index (κ2) is 5.74. The number of benzene rings is 1. The topological polar surface area (TPSA) is 88.4 Å². The van der Waals surface area contributed by atoms with Crippen molar-refractivity contribution in [2.24, 2.45) is 0 Å². The minimum absolute atomic E-state index is 0.0530. The van der Waals surface area contributed by atoms with Gasteiger partial charge in [0.05, 0.1) is 4.92 Å². The molecular weight excluding hydrogens is 272 g/mol. The molecule has 21 heavy (non-hydrogen) atoms. The van der Waals surface area contributed by atoms with E-state index in [-0.39, 0.29) is 11.6 Å². The van der Waals surface area contributed by atoms with Gasteiger partial charge in [0.15, 0.2) is 0 Å². The van der Waals surface area contributed by atoms with Crippen LogP contribution in [0.5, 0.6) is 0 Å². The number of rotatable bonds is 4. The first-order chi connectivity index (χ1) is 9.91. The SMILES string of the molecule is CC(Nc1ccnc2c([N+](=O)[O-])cccc12)C(=O)N(C)C. The van der Waals surface area contributed by atoms with Crippen LogP contribution in [0.15, 0.2) is 30.5 Å². The average molecular weight is 288 g/mol. The highest BCUT2D eigenvalue weighted by Gasteiger charge is 2.18. The zero-order valence-corrected chi connectivity index (χ0v) is 12.0. The summed E-state index contributed by atoms with van der Waals surface area (Å²) in [5.41, 5.74) is 0.895. The fourth-order valence-corrected chi connectivity index (χ4v) is 2.12. The third kappa shape index (κ3) is 2.91. The molecule has 1 N–H and O–H groups in total. The van der Waals surface area contributed by atoms with Crippen molar-refractivity contribution < 1.29 is 9.72 Å². The standard InChI is InChI=1S/C14H16N4O3/c1-9(14(19)17(2)3)16-11-7-8-15-13-10(11)5-4-6-12(13)18(20)21/h4-9H,1-3H3,(H,15,16). The Morgan fingerprint density at radius 1 is 1.38 bits per heavy atom. The number of hydrogen-bond acceptors (Lipinski definition) is 5. The normalized spacial score (nSPS) is 12.0. The van der Waals surface area contributed by atoms with Gasteiger partial charge in [-0.2, -0.15) is 0 Å². The molecule has 0 saturated carbocycles. The number of amides is 1. The molecule has 0 aliphatic carbocycles. The van der Waals surface area contributed by atoms with Crippen LogP contribution in [0.4, 0.5) is 11.4 Å². The van der Waals surface area contributed by atoms with Gasteiger partial charge in [0.1, 0.15) is 11.6 Å². The molecule has 0 spiro atoms. The lowest BCUT2D eigenvalue weighted by molar-refractivity contribution is -0.383. The molecule has 0 aliphatic rings. The number of likely N-dealkylation sites (N-methyl/N-ethyl adjacent to an activating group) is 1. The summed E-state index contributed by atoms with van der Waals surface area (Å²) in [6, 6.07) is 6.01. The Kier molecular flexibility index (Phi) is 4.02. The molecular formula is C14H16N4O3. The van der Waals surface area contributed by atoms with Gasteiger partial charge in [0.25, 0.3) is 5.69 Å². The van der Waals surface area contributed by atoms with E-state index in [1.807, 2.05) is 0 Å². The van der Waals surface area contributed by atoms with Crippen molar-refractivity contribution in [1.29, 1.82) is 0 Å². The van der Waals surface area contributed by atoms with Gasteiger partial charge in [0.2, 0.25) is 5.91 Å². The van der Waals surface area contributed by atoms with E-state index in [1.165, 1.54) is 17.2 Å². The van der Waals surface area contributed by atoms with Gasteiger partial charge in [-0.1, -0.05) is 12.1 Å². The Morgan fingerprint density at radius 2 is 2.10 bits per heavy atom. The third-order valence-electron chi connectivity index (χ3n) is 3.13. The summed E-state index contributed by atoms with van der Waals surface area (Å²) in [5, 5.41) is 14.7. The van der Waals surface area contributed by atoms with Crippen molar-refractivity contribution in [1.82, 2.24) is 9.88 Å². The number of nitrogens with zero attached hydrogens (tertiary/aromatic N) is 3. The van der Waals surface area contributed by atoms with E-state index in [0.29, 0.717) is 16.6 Å². The number of carbonyl (C=O) groups excluding carboxylic acids is 1. The lowest BCUT2D eigenvalue weighted by atomic mass is 10.1. The zero-order chi connectivity index (χ0) is 15.6. The van der Waals surface area contributed by atoms with Crippen LogP contribution < -0.4 is 5.32 Å². The van der Waals surface area contributed by atoms with Crippen LogP contribution in [0.1, 0.15) is 6.92 Å². The molecule has 7 nitrogen and oxygen atoms in total. The minimum Gasteiger partial charge on any atom is -0.373 e. The number of pyridine rings is 1. The molecule has 0 aliphatic heterocycles. The molecule has 110 valence electrons. The van der Waals surface area contributed by atoms with Crippen LogP contribution in [-0.2, 0) is 4.79 Å². The summed E-state index contributed by atoms with van der Waals surface area (Å²) in [6.45, 7) is 1.74. The number of nitro benzene ring substituents is 1. The molecule has 7 heteroatoms. The van der Waals surface area contributed by atoms with Gasteiger partial charge < -0.3 is 10.2 Å². The number of aromatic nitrogens is 1. The number of nitrogens with one attached hydrogen (secondary N) is 1. The summed E-state index contributed by atoms with van der Waals surface area (Å²) in [6.07, 6.45) is 1.49. The number of nitro groups is 1. The van der Waals surface area contributed by atoms with E-state index in [4.69, 9.17) is 0 Å². The van der Waals surface area contributed by atoms with E-state index in [1.54, 1.807) is 39.2 Å². The van der Waals surface area contributed by atoms with E-state index < -0.39 is 11.0 Å². The van der Waals surface area contributed by atoms with Crippen LogP contribution in [0.25, 0.3) is 10.9 Å². The maximum atomic E-state index is 11.9. The maximum absolute atomic E-state index is 11.9. The zero-order valence-electron chi connectivity index (χ0n) is 12.0. The highest BCUT2D eigenvalue weighted by molar-refractivity contribution is 5.97. The van der Waals surface area contributed by atoms with Crippen molar-refractivity contribution in [3.63, 3.8) is 0 Å². The molecule has 0 fully saturated rings. The summed E-state index contributed by atoms with van der Waals surface area (Å²) >= 11 is 0. The van der Waals surface area contributed by atoms with Crippen molar-refractivity contribution in [3.8, 4) is 0 Å². The molecule has 1 aromatic carbocycles. The molecule has 1 atom stereocenters. The highest BCUT2D eigenvalue weighted by Crippen LogP contribution is 2.28. The number of para-hydroxylation sites is 1. The van der Waals surface area contributed by atoms with Crippen molar-refractivity contribution >= 4 is 28.2 Å². The molecule has 1 amide bonds. The predicted octanol–water partition coefficient (Wildman–Crippen LogP) is 2.03. The first kappa shape index (κ1) is 14.7. The molecule has 0 bridgehead atoms. The van der Waals surface area contributed by atoms with Crippen molar-refractivity contribution in [2.75, 3.05) is 19.4 Å². The second-order valence-corrected chi connectivity index (χ2v) is 4.89. The van der Waals surface area contributed by atoms with E-state index in [9.17, 15) is 14.9 Å². The Bertz CT molecular complexity index is 700. The quantitative estimate of drug-likeness (QED) is 0.687. The summed E-state index contributed by atoms with van der Waals surface area (Å²) in [5.74, 6) is -0.0783. The number of non-ortho nitro benzene ring substituents is 1. The van der Waals surface area contributed by atoms with Gasteiger partial charge in [0, 0.05) is 37.4 Å². The number of anilines is 1. The lowest BCUT2D eigenvalue weighted by Crippen LogP contribution is -2.36. The van der Waals surface area contributed by atoms with Crippen LogP contribution >= 0.6 is 0 Å². The molecule has 1 heterocycles. The summed E-state index contributed by atoms with van der Waals surface area (Å²) < 4.78 is 0. The van der Waals surface area contributed by atoms with Crippen LogP contribution in [0, 0.1) is 10.1 Å². The van der Waals surface area contributed by atoms with Gasteiger partial charge in [-0.3, -0.25) is 14.9 Å². The van der Waals surface area contributed by atoms with E-state index in [2.05, 4.69) is 10.3 Å². The van der Waals surface area contributed by atoms with Gasteiger partial charge in [-0.05, 0) is 13.0 Å². The fourth-order valence-electron chi connectivity index (χ4n) is 2.12. The lowest BCUT2D eigenvalue weighted by Gasteiger charge is -2.19.